The van der Waals surface area contributed by atoms with E-state index in [1.165, 1.54) is 28.8 Å². The van der Waals surface area contributed by atoms with Crippen molar-refractivity contribution in [2.45, 2.75) is 18.0 Å². The number of amidine groups is 1. The standard InChI is InChI=1S/C20H24N8O7S3/c1-27-20(24-14(30)15(31)25-27)38-6-8-5-36-17-9(16(32)28(17)12(8)18(33)34)3-4-22-13(29)11(26-35-2)10-7-37-19(21)23-10/h7,9,14,17,30H,3-6H2,1-2H3,(H2,21,23)(H,22,29)(H,25,31)(H,33,34). The summed E-state index contributed by atoms with van der Waals surface area (Å²) in [6.07, 6.45) is -1.24. The molecule has 4 heterocycles. The van der Waals surface area contributed by atoms with E-state index < -0.39 is 29.9 Å². The molecule has 0 bridgehead atoms. The van der Waals surface area contributed by atoms with E-state index in [1.54, 1.807) is 12.4 Å². The Labute approximate surface area is 228 Å². The first-order chi connectivity index (χ1) is 18.1. The number of aliphatic imine (C=N–C) groups is 1. The van der Waals surface area contributed by atoms with Crippen LogP contribution in [0.4, 0.5) is 5.13 Å². The Kier molecular flexibility index (Phi) is 8.44. The highest BCUT2D eigenvalue weighted by Crippen LogP contribution is 2.45. The number of oxime groups is 1. The quantitative estimate of drug-likeness (QED) is 0.132. The summed E-state index contributed by atoms with van der Waals surface area (Å²) in [5.74, 6) is -2.68. The SMILES string of the molecule is CON=C(C(=O)NCCC1C(=O)N2C(C(=O)O)=C(CSC3=NC(O)C(=O)NN3C)CSC12)c1csc(N)n1. The molecule has 15 nitrogen and oxygen atoms in total. The highest BCUT2D eigenvalue weighted by atomic mass is 32.2. The summed E-state index contributed by atoms with van der Waals surface area (Å²) in [5.41, 5.74) is 8.72. The van der Waals surface area contributed by atoms with Gasteiger partial charge in [0.2, 0.25) is 12.1 Å². The number of aliphatic carboxylic acids is 1. The number of carboxylic acids is 1. The van der Waals surface area contributed by atoms with E-state index in [4.69, 9.17) is 10.6 Å². The fourth-order valence-electron chi connectivity index (χ4n) is 3.93. The number of anilines is 1. The molecule has 1 aromatic rings. The highest BCUT2D eigenvalue weighted by Gasteiger charge is 2.53. The number of nitrogens with zero attached hydrogens (tertiary/aromatic N) is 5. The first-order valence-corrected chi connectivity index (χ1v) is 14.0. The molecule has 1 aromatic heterocycles. The van der Waals surface area contributed by atoms with Gasteiger partial charge in [0.15, 0.2) is 16.0 Å². The van der Waals surface area contributed by atoms with Crippen molar-refractivity contribution in [3.05, 3.63) is 22.3 Å². The molecule has 3 amide bonds. The molecule has 3 atom stereocenters. The third-order valence-corrected chi connectivity index (χ3v) is 8.87. The maximum absolute atomic E-state index is 12.9. The van der Waals surface area contributed by atoms with E-state index in [0.717, 1.165) is 23.1 Å². The second-order valence-corrected chi connectivity index (χ2v) is 11.1. The molecule has 3 aliphatic heterocycles. The van der Waals surface area contributed by atoms with Crippen LogP contribution < -0.4 is 16.5 Å². The third-order valence-electron chi connectivity index (χ3n) is 5.67. The molecule has 38 heavy (non-hydrogen) atoms. The number of thiazole rings is 1. The number of nitrogens with one attached hydrogen (secondary N) is 2. The summed E-state index contributed by atoms with van der Waals surface area (Å²) in [6, 6.07) is 0. The van der Waals surface area contributed by atoms with Gasteiger partial charge in [-0.1, -0.05) is 16.9 Å². The zero-order valence-electron chi connectivity index (χ0n) is 20.1. The fraction of sp³-hybridized carbons (Fsp3) is 0.450. The van der Waals surface area contributed by atoms with Gasteiger partial charge in [-0.15, -0.1) is 23.1 Å². The summed E-state index contributed by atoms with van der Waals surface area (Å²) < 4.78 is 0. The number of aliphatic hydroxyl groups is 1. The first kappa shape index (κ1) is 27.7. The average Bonchev–Trinajstić information content (AvgIpc) is 3.31. The van der Waals surface area contributed by atoms with Crippen LogP contribution in [0.2, 0.25) is 0 Å². The van der Waals surface area contributed by atoms with Crippen molar-refractivity contribution in [1.82, 2.24) is 25.6 Å². The van der Waals surface area contributed by atoms with E-state index in [0.29, 0.717) is 22.9 Å². The summed E-state index contributed by atoms with van der Waals surface area (Å²) >= 11 is 3.73. The van der Waals surface area contributed by atoms with Crippen molar-refractivity contribution in [3.63, 3.8) is 0 Å². The Bertz CT molecular complexity index is 1250. The van der Waals surface area contributed by atoms with Gasteiger partial charge < -0.3 is 26.1 Å². The van der Waals surface area contributed by atoms with Gasteiger partial charge >= 0.3 is 5.97 Å². The molecule has 0 radical (unpaired) electrons. The maximum Gasteiger partial charge on any atom is 0.352 e. The number of nitrogens with two attached hydrogens (primary N) is 1. The molecular formula is C20H24N8O7S3. The minimum absolute atomic E-state index is 0.0485. The molecule has 3 aliphatic rings. The number of amides is 3. The van der Waals surface area contributed by atoms with Crippen LogP contribution in [-0.4, -0.2) is 103 Å². The molecule has 1 saturated heterocycles. The fourth-order valence-corrected chi connectivity index (χ4v) is 7.02. The van der Waals surface area contributed by atoms with Crippen molar-refractivity contribution >= 4 is 74.6 Å². The van der Waals surface area contributed by atoms with E-state index in [9.17, 15) is 29.4 Å². The zero-order valence-corrected chi connectivity index (χ0v) is 22.6. The molecule has 6 N–H and O–H groups in total. The number of hydrogen-bond acceptors (Lipinski definition) is 14. The van der Waals surface area contributed by atoms with Gasteiger partial charge in [0, 0.05) is 30.5 Å². The lowest BCUT2D eigenvalue weighted by molar-refractivity contribution is -0.152. The lowest BCUT2D eigenvalue weighted by Crippen LogP contribution is -2.62. The average molecular weight is 585 g/mol. The summed E-state index contributed by atoms with van der Waals surface area (Å²) in [7, 11) is 2.85. The topological polar surface area (TPSA) is 212 Å². The molecule has 0 aliphatic carbocycles. The van der Waals surface area contributed by atoms with Gasteiger partial charge in [-0.05, 0) is 12.0 Å². The van der Waals surface area contributed by atoms with Crippen LogP contribution >= 0.6 is 34.9 Å². The number of rotatable bonds is 9. The van der Waals surface area contributed by atoms with Crippen molar-refractivity contribution in [3.8, 4) is 0 Å². The number of hydrogen-bond donors (Lipinski definition) is 5. The molecule has 204 valence electrons. The van der Waals surface area contributed by atoms with Crippen LogP contribution in [0, 0.1) is 5.92 Å². The van der Waals surface area contributed by atoms with Gasteiger partial charge in [0.25, 0.3) is 11.8 Å². The Morgan fingerprint density at radius 3 is 2.84 bits per heavy atom. The Hall–Kier alpha value is -3.35. The molecule has 0 spiro atoms. The minimum Gasteiger partial charge on any atom is -0.477 e. The first-order valence-electron chi connectivity index (χ1n) is 11.1. The predicted molar refractivity (Wildman–Crippen MR) is 141 cm³/mol. The minimum atomic E-state index is -1.54. The van der Waals surface area contributed by atoms with Crippen LogP contribution in [0.5, 0.6) is 0 Å². The number of aliphatic hydroxyl groups excluding tert-OH is 1. The Balaban J connectivity index is 1.37. The maximum atomic E-state index is 12.9. The van der Waals surface area contributed by atoms with Gasteiger partial charge in [0.1, 0.15) is 18.5 Å². The molecule has 0 saturated carbocycles. The van der Waals surface area contributed by atoms with Crippen LogP contribution in [0.1, 0.15) is 12.1 Å². The smallest absolute Gasteiger partial charge is 0.352 e. The lowest BCUT2D eigenvalue weighted by Gasteiger charge is -2.49. The van der Waals surface area contributed by atoms with Crippen LogP contribution in [0.15, 0.2) is 26.8 Å². The number of fused-ring (bicyclic) bond motifs is 1. The second kappa shape index (κ2) is 11.6. The van der Waals surface area contributed by atoms with Gasteiger partial charge in [-0.3, -0.25) is 29.7 Å². The monoisotopic (exact) mass is 584 g/mol. The number of thioether (sulfide) groups is 2. The number of β-lactam (4-membered cyclic amide) rings is 1. The van der Waals surface area contributed by atoms with Crippen LogP contribution in [0.3, 0.4) is 0 Å². The molecule has 1 fully saturated rings. The van der Waals surface area contributed by atoms with Crippen molar-refractivity contribution in [1.29, 1.82) is 0 Å². The van der Waals surface area contributed by atoms with Gasteiger partial charge in [-0.2, -0.15) is 0 Å². The lowest BCUT2D eigenvalue weighted by atomic mass is 9.92. The summed E-state index contributed by atoms with van der Waals surface area (Å²) in [6.45, 7) is 0.150. The normalized spacial score (nSPS) is 23.4. The zero-order chi connectivity index (χ0) is 27.6. The predicted octanol–water partition coefficient (Wildman–Crippen LogP) is -1.16. The number of aromatic nitrogens is 1. The number of carboxylic acid groups (broad SMARTS) is 1. The van der Waals surface area contributed by atoms with E-state index >= 15 is 0 Å². The number of carbonyl (C=O) groups is 4. The van der Waals surface area contributed by atoms with Crippen molar-refractivity contribution < 1.29 is 34.2 Å². The third kappa shape index (κ3) is 5.57. The van der Waals surface area contributed by atoms with Gasteiger partial charge in [-0.25, -0.2) is 14.8 Å². The number of carbonyl (C=O) groups excluding carboxylic acids is 3. The molecule has 4 rings (SSSR count). The summed E-state index contributed by atoms with van der Waals surface area (Å²) in [4.78, 5) is 63.1. The second-order valence-electron chi connectivity index (χ2n) is 8.12. The highest BCUT2D eigenvalue weighted by molar-refractivity contribution is 8.14. The largest absolute Gasteiger partial charge is 0.477 e. The molecule has 18 heteroatoms. The number of nitrogen functional groups attached to an aromatic ring is 1. The van der Waals surface area contributed by atoms with Crippen molar-refractivity contribution in [2.75, 3.05) is 37.9 Å². The molecular weight excluding hydrogens is 560 g/mol. The van der Waals surface area contributed by atoms with E-state index in [-0.39, 0.29) is 45.8 Å². The molecule has 0 aromatic carbocycles. The Morgan fingerprint density at radius 2 is 2.18 bits per heavy atom. The van der Waals surface area contributed by atoms with Crippen molar-refractivity contribution in [2.24, 2.45) is 16.1 Å². The number of hydrazine groups is 1. The van der Waals surface area contributed by atoms with Crippen LogP contribution in [-0.2, 0) is 24.0 Å². The van der Waals surface area contributed by atoms with Gasteiger partial charge in [0.05, 0.1) is 11.3 Å². The Morgan fingerprint density at radius 1 is 1.42 bits per heavy atom. The van der Waals surface area contributed by atoms with E-state index in [2.05, 4.69) is 25.9 Å². The molecule has 3 unspecified atom stereocenters. The van der Waals surface area contributed by atoms with E-state index in [1.807, 2.05) is 0 Å². The summed E-state index contributed by atoms with van der Waals surface area (Å²) in [5, 5.41) is 29.1. The van der Waals surface area contributed by atoms with Crippen LogP contribution in [0.25, 0.3) is 0 Å².